The molecule has 0 atom stereocenters. The second-order valence-electron chi connectivity index (χ2n) is 4.96. The second-order valence-corrected chi connectivity index (χ2v) is 6.16. The van der Waals surface area contributed by atoms with Gasteiger partial charge in [-0.1, -0.05) is 0 Å². The monoisotopic (exact) mass is 288 g/mol. The van der Waals surface area contributed by atoms with Crippen LogP contribution in [0.1, 0.15) is 44.6 Å². The minimum Gasteiger partial charge on any atom is -0.304 e. The number of carbonyl (C=O) groups excluding carboxylic acids is 1. The maximum atomic E-state index is 12.2. The van der Waals surface area contributed by atoms with E-state index in [-0.39, 0.29) is 5.91 Å². The highest BCUT2D eigenvalue weighted by Gasteiger charge is 2.17. The number of hydrogen-bond acceptors (Lipinski definition) is 5. The molecule has 6 heteroatoms. The van der Waals surface area contributed by atoms with Crippen molar-refractivity contribution in [3.05, 3.63) is 33.2 Å². The van der Waals surface area contributed by atoms with Crippen molar-refractivity contribution in [2.75, 3.05) is 5.32 Å². The van der Waals surface area contributed by atoms with E-state index in [1.54, 1.807) is 6.20 Å². The summed E-state index contributed by atoms with van der Waals surface area (Å²) in [6.45, 7) is 3.74. The molecule has 3 rings (SSSR count). The summed E-state index contributed by atoms with van der Waals surface area (Å²) in [6, 6.07) is 0. The Kier molecular flexibility index (Phi) is 3.48. The van der Waals surface area contributed by atoms with Crippen LogP contribution in [0.2, 0.25) is 0 Å². The Morgan fingerprint density at radius 1 is 1.20 bits per heavy atom. The Morgan fingerprint density at radius 2 is 1.95 bits per heavy atom. The van der Waals surface area contributed by atoms with Gasteiger partial charge in [0.1, 0.15) is 4.88 Å². The molecule has 104 valence electrons. The summed E-state index contributed by atoms with van der Waals surface area (Å²) in [4.78, 5) is 26.0. The van der Waals surface area contributed by atoms with Gasteiger partial charge in [-0.05, 0) is 39.5 Å². The third kappa shape index (κ3) is 2.56. The molecule has 1 amide bonds. The van der Waals surface area contributed by atoms with Crippen LogP contribution in [0.4, 0.5) is 5.82 Å². The van der Waals surface area contributed by atoms with Gasteiger partial charge < -0.3 is 5.32 Å². The van der Waals surface area contributed by atoms with Gasteiger partial charge in [0, 0.05) is 0 Å². The minimum absolute atomic E-state index is 0.154. The lowest BCUT2D eigenvalue weighted by atomic mass is 10.0. The van der Waals surface area contributed by atoms with Crippen molar-refractivity contribution in [2.24, 2.45) is 0 Å². The molecule has 0 unspecified atom stereocenters. The summed E-state index contributed by atoms with van der Waals surface area (Å²) in [7, 11) is 0. The third-order valence-electron chi connectivity index (χ3n) is 3.36. The number of amides is 1. The number of hydrogen-bond donors (Lipinski definition) is 1. The zero-order valence-electron chi connectivity index (χ0n) is 11.6. The number of fused-ring (bicyclic) bond motifs is 1. The number of nitrogens with zero attached hydrogens (tertiary/aromatic N) is 3. The first-order chi connectivity index (χ1) is 9.63. The van der Waals surface area contributed by atoms with Gasteiger partial charge in [0.2, 0.25) is 0 Å². The summed E-state index contributed by atoms with van der Waals surface area (Å²) in [5.41, 5.74) is 2.85. The fourth-order valence-electron chi connectivity index (χ4n) is 2.42. The fraction of sp³-hybridized carbons (Fsp3) is 0.429. The van der Waals surface area contributed by atoms with E-state index in [1.807, 2.05) is 13.8 Å². The number of anilines is 1. The Hall–Kier alpha value is -1.82. The molecular formula is C14H16N4OS. The van der Waals surface area contributed by atoms with Gasteiger partial charge in [-0.3, -0.25) is 9.78 Å². The number of carbonyl (C=O) groups is 1. The summed E-state index contributed by atoms with van der Waals surface area (Å²) < 4.78 is 0. The van der Waals surface area contributed by atoms with Crippen LogP contribution in [0.3, 0.4) is 0 Å². The second kappa shape index (κ2) is 5.28. The molecule has 1 aliphatic rings. The number of nitrogens with one attached hydrogen (secondary N) is 1. The van der Waals surface area contributed by atoms with E-state index in [2.05, 4.69) is 20.3 Å². The predicted molar refractivity (Wildman–Crippen MR) is 78.2 cm³/mol. The van der Waals surface area contributed by atoms with Crippen molar-refractivity contribution >= 4 is 23.1 Å². The van der Waals surface area contributed by atoms with Gasteiger partial charge in [-0.25, -0.2) is 9.97 Å². The van der Waals surface area contributed by atoms with Gasteiger partial charge in [-0.15, -0.1) is 11.3 Å². The molecule has 0 saturated heterocycles. The van der Waals surface area contributed by atoms with Crippen LogP contribution >= 0.6 is 11.3 Å². The van der Waals surface area contributed by atoms with Crippen LogP contribution in [0.25, 0.3) is 0 Å². The number of aryl methyl sites for hydroxylation is 4. The smallest absolute Gasteiger partial charge is 0.268 e. The van der Waals surface area contributed by atoms with E-state index in [4.69, 9.17) is 0 Å². The lowest BCUT2D eigenvalue weighted by Gasteiger charge is -2.14. The zero-order chi connectivity index (χ0) is 14.1. The van der Waals surface area contributed by atoms with E-state index < -0.39 is 0 Å². The van der Waals surface area contributed by atoms with Gasteiger partial charge in [0.05, 0.1) is 28.3 Å². The van der Waals surface area contributed by atoms with Crippen molar-refractivity contribution in [3.63, 3.8) is 0 Å². The van der Waals surface area contributed by atoms with Gasteiger partial charge >= 0.3 is 0 Å². The van der Waals surface area contributed by atoms with Crippen molar-refractivity contribution < 1.29 is 4.79 Å². The van der Waals surface area contributed by atoms with Crippen molar-refractivity contribution in [1.82, 2.24) is 15.0 Å². The molecule has 0 aliphatic heterocycles. The highest BCUT2D eigenvalue weighted by atomic mass is 32.1. The average molecular weight is 288 g/mol. The largest absolute Gasteiger partial charge is 0.304 e. The molecule has 0 aromatic carbocycles. The van der Waals surface area contributed by atoms with Gasteiger partial charge in [-0.2, -0.15) is 0 Å². The molecular weight excluding hydrogens is 272 g/mol. The summed E-state index contributed by atoms with van der Waals surface area (Å²) >= 11 is 1.40. The number of rotatable bonds is 2. The molecule has 0 spiro atoms. The third-order valence-corrected chi connectivity index (χ3v) is 4.43. The maximum absolute atomic E-state index is 12.2. The molecule has 2 aromatic heterocycles. The van der Waals surface area contributed by atoms with Crippen molar-refractivity contribution in [1.29, 1.82) is 0 Å². The minimum atomic E-state index is -0.154. The first-order valence-electron chi connectivity index (χ1n) is 6.73. The maximum Gasteiger partial charge on any atom is 0.268 e. The van der Waals surface area contributed by atoms with Crippen LogP contribution in [-0.2, 0) is 12.8 Å². The average Bonchev–Trinajstić information content (AvgIpc) is 2.78. The zero-order valence-corrected chi connectivity index (χ0v) is 12.4. The first-order valence-corrected chi connectivity index (χ1v) is 7.55. The molecule has 2 aromatic rings. The summed E-state index contributed by atoms with van der Waals surface area (Å²) in [5.74, 6) is 0.374. The highest BCUT2D eigenvalue weighted by molar-refractivity contribution is 7.13. The molecule has 5 nitrogen and oxygen atoms in total. The van der Waals surface area contributed by atoms with Crippen LogP contribution < -0.4 is 5.32 Å². The van der Waals surface area contributed by atoms with Crippen LogP contribution in [0.5, 0.6) is 0 Å². The Morgan fingerprint density at radius 3 is 2.65 bits per heavy atom. The summed E-state index contributed by atoms with van der Waals surface area (Å²) in [6.07, 6.45) is 5.90. The van der Waals surface area contributed by atoms with Crippen LogP contribution in [0.15, 0.2) is 6.20 Å². The Balaban J connectivity index is 1.81. The van der Waals surface area contributed by atoms with Crippen LogP contribution in [-0.4, -0.2) is 20.9 Å². The molecule has 2 heterocycles. The lowest BCUT2D eigenvalue weighted by molar-refractivity contribution is 0.102. The van der Waals surface area contributed by atoms with Crippen molar-refractivity contribution in [2.45, 2.75) is 39.5 Å². The quantitative estimate of drug-likeness (QED) is 0.922. The van der Waals surface area contributed by atoms with Crippen molar-refractivity contribution in [3.8, 4) is 0 Å². The number of thiazole rings is 1. The highest BCUT2D eigenvalue weighted by Crippen LogP contribution is 2.21. The standard InChI is InChI=1S/C14H16N4OS/c1-8-13(20-9(2)16-8)14(19)18-12-7-15-10-5-3-4-6-11(10)17-12/h7H,3-6H2,1-2H3,(H,17,18,19). The van der Waals surface area contributed by atoms with E-state index >= 15 is 0 Å². The Labute approximate surface area is 121 Å². The molecule has 0 saturated carbocycles. The molecule has 1 aliphatic carbocycles. The summed E-state index contributed by atoms with van der Waals surface area (Å²) in [5, 5.41) is 3.71. The van der Waals surface area contributed by atoms with E-state index in [0.717, 1.165) is 41.4 Å². The molecule has 0 fully saturated rings. The SMILES string of the molecule is Cc1nc(C)c(C(=O)Nc2cnc3c(n2)CCCC3)s1. The molecule has 0 bridgehead atoms. The topological polar surface area (TPSA) is 67.8 Å². The predicted octanol–water partition coefficient (Wildman–Crippen LogP) is 2.68. The van der Waals surface area contributed by atoms with Gasteiger partial charge in [0.25, 0.3) is 5.91 Å². The van der Waals surface area contributed by atoms with Gasteiger partial charge in [0.15, 0.2) is 5.82 Å². The molecule has 20 heavy (non-hydrogen) atoms. The van der Waals surface area contributed by atoms with E-state index in [1.165, 1.54) is 17.8 Å². The molecule has 0 radical (unpaired) electrons. The van der Waals surface area contributed by atoms with E-state index in [9.17, 15) is 4.79 Å². The Bertz CT molecular complexity index is 665. The lowest BCUT2D eigenvalue weighted by Crippen LogP contribution is -2.15. The molecule has 1 N–H and O–H groups in total. The number of aromatic nitrogens is 3. The van der Waals surface area contributed by atoms with Crippen LogP contribution in [0, 0.1) is 13.8 Å². The normalized spacial score (nSPS) is 13.9. The first kappa shape index (κ1) is 13.2. The fourth-order valence-corrected chi connectivity index (χ4v) is 3.24. The van der Waals surface area contributed by atoms with E-state index in [0.29, 0.717) is 10.7 Å².